The van der Waals surface area contributed by atoms with Crippen molar-refractivity contribution in [2.24, 2.45) is 5.73 Å². The second-order valence-corrected chi connectivity index (χ2v) is 4.57. The third-order valence-corrected chi connectivity index (χ3v) is 3.32. The summed E-state index contributed by atoms with van der Waals surface area (Å²) in [5, 5.41) is 16.4. The summed E-state index contributed by atoms with van der Waals surface area (Å²) in [5.74, 6) is 0.0677. The summed E-state index contributed by atoms with van der Waals surface area (Å²) in [6.07, 6.45) is 3.38. The van der Waals surface area contributed by atoms with Crippen LogP contribution in [0, 0.1) is 11.3 Å². The third kappa shape index (κ3) is 2.11. The number of nitrogens with one attached hydrogen (secondary N) is 1. The molecule has 0 saturated carbocycles. The molecule has 0 saturated heterocycles. The lowest BCUT2D eigenvalue weighted by Gasteiger charge is -2.23. The number of hydrogen-bond acceptors (Lipinski definition) is 6. The van der Waals surface area contributed by atoms with E-state index in [1.165, 1.54) is 0 Å². The van der Waals surface area contributed by atoms with E-state index in [1.807, 2.05) is 12.1 Å². The first kappa shape index (κ1) is 13.1. The molecular formula is C14H13N5O2. The Bertz CT molecular complexity index is 730. The molecule has 0 fully saturated rings. The molecule has 0 spiro atoms. The van der Waals surface area contributed by atoms with E-state index in [-0.39, 0.29) is 11.8 Å². The summed E-state index contributed by atoms with van der Waals surface area (Å²) in [7, 11) is 1.59. The number of hydrogen-bond donors (Lipinski definition) is 2. The largest absolute Gasteiger partial charge is 0.420 e. The van der Waals surface area contributed by atoms with Gasteiger partial charge >= 0.3 is 0 Å². The minimum atomic E-state index is -0.364. The molecule has 1 aliphatic rings. The number of ether oxygens (including phenoxy) is 2. The normalized spacial score (nSPS) is 17.0. The molecule has 3 heterocycles. The van der Waals surface area contributed by atoms with Gasteiger partial charge in [0.1, 0.15) is 11.6 Å². The maximum Gasteiger partial charge on any atom is 0.244 e. The minimum absolute atomic E-state index is 0.0642. The van der Waals surface area contributed by atoms with Gasteiger partial charge in [-0.2, -0.15) is 5.26 Å². The Hall–Kier alpha value is -2.85. The Morgan fingerprint density at radius 1 is 1.57 bits per heavy atom. The van der Waals surface area contributed by atoms with E-state index in [4.69, 9.17) is 15.2 Å². The number of nitrogens with zero attached hydrogens (tertiary/aromatic N) is 3. The molecule has 3 N–H and O–H groups in total. The number of nitriles is 1. The quantitative estimate of drug-likeness (QED) is 0.875. The molecule has 2 aromatic rings. The average molecular weight is 283 g/mol. The summed E-state index contributed by atoms with van der Waals surface area (Å²) in [6.45, 7) is 0.334. The van der Waals surface area contributed by atoms with Crippen LogP contribution in [0.5, 0.6) is 5.88 Å². The van der Waals surface area contributed by atoms with Crippen LogP contribution in [0.3, 0.4) is 0 Å². The fraction of sp³-hybridized carbons (Fsp3) is 0.214. The Balaban J connectivity index is 2.20. The average Bonchev–Trinajstić information content (AvgIpc) is 2.89. The number of allylic oxidation sites excluding steroid dienone is 1. The van der Waals surface area contributed by atoms with E-state index in [2.05, 4.69) is 21.3 Å². The molecule has 2 aromatic heterocycles. The van der Waals surface area contributed by atoms with Crippen LogP contribution in [0.15, 0.2) is 36.0 Å². The van der Waals surface area contributed by atoms with Crippen LogP contribution < -0.4 is 10.5 Å². The third-order valence-electron chi connectivity index (χ3n) is 3.32. The van der Waals surface area contributed by atoms with Crippen LogP contribution in [0.25, 0.3) is 0 Å². The van der Waals surface area contributed by atoms with Crippen molar-refractivity contribution in [2.45, 2.75) is 12.5 Å². The second kappa shape index (κ2) is 5.26. The number of aromatic amines is 1. The van der Waals surface area contributed by atoms with Gasteiger partial charge in [-0.05, 0) is 11.6 Å². The maximum atomic E-state index is 9.43. The number of H-pyrrole nitrogens is 1. The highest BCUT2D eigenvalue weighted by Crippen LogP contribution is 2.42. The van der Waals surface area contributed by atoms with Gasteiger partial charge in [-0.3, -0.25) is 10.1 Å². The van der Waals surface area contributed by atoms with Crippen LogP contribution in [-0.2, 0) is 11.3 Å². The summed E-state index contributed by atoms with van der Waals surface area (Å²) < 4.78 is 10.6. The van der Waals surface area contributed by atoms with E-state index in [1.54, 1.807) is 19.5 Å². The molecule has 0 aliphatic carbocycles. The molecule has 7 nitrogen and oxygen atoms in total. The molecule has 0 unspecified atom stereocenters. The minimum Gasteiger partial charge on any atom is -0.420 e. The van der Waals surface area contributed by atoms with Crippen molar-refractivity contribution in [3.05, 3.63) is 52.8 Å². The topological polar surface area (TPSA) is 110 Å². The molecule has 0 radical (unpaired) electrons. The van der Waals surface area contributed by atoms with Crippen molar-refractivity contribution in [3.8, 4) is 11.9 Å². The van der Waals surface area contributed by atoms with Crippen molar-refractivity contribution in [1.29, 1.82) is 5.26 Å². The summed E-state index contributed by atoms with van der Waals surface area (Å²) in [4.78, 5) is 4.11. The molecule has 1 atom stereocenters. The van der Waals surface area contributed by atoms with E-state index in [0.29, 0.717) is 18.1 Å². The number of pyridine rings is 1. The molecule has 1 aliphatic heterocycles. The van der Waals surface area contributed by atoms with Crippen LogP contribution in [0.4, 0.5) is 0 Å². The standard InChI is InChI=1S/C14H13N5O2/c1-20-7-10-12-11(8-3-2-4-17-6-8)9(5-15)13(16)21-14(12)19-18-10/h2-4,6,11H,7,16H2,1H3,(H,18,19)/t11-/m1/s1. The van der Waals surface area contributed by atoms with Crippen molar-refractivity contribution in [1.82, 2.24) is 15.2 Å². The van der Waals surface area contributed by atoms with Crippen molar-refractivity contribution in [3.63, 3.8) is 0 Å². The zero-order chi connectivity index (χ0) is 14.8. The maximum absolute atomic E-state index is 9.43. The number of fused-ring (bicyclic) bond motifs is 1. The lowest BCUT2D eigenvalue weighted by molar-refractivity contribution is 0.180. The Morgan fingerprint density at radius 2 is 2.43 bits per heavy atom. The summed E-state index contributed by atoms with van der Waals surface area (Å²) >= 11 is 0. The predicted molar refractivity (Wildman–Crippen MR) is 72.8 cm³/mol. The van der Waals surface area contributed by atoms with Gasteiger partial charge in [0.2, 0.25) is 11.8 Å². The van der Waals surface area contributed by atoms with Gasteiger partial charge in [0, 0.05) is 19.5 Å². The Morgan fingerprint density at radius 3 is 3.10 bits per heavy atom. The smallest absolute Gasteiger partial charge is 0.244 e. The lowest BCUT2D eigenvalue weighted by atomic mass is 9.85. The Labute approximate surface area is 121 Å². The molecule has 3 rings (SSSR count). The highest BCUT2D eigenvalue weighted by atomic mass is 16.5. The van der Waals surface area contributed by atoms with Gasteiger partial charge in [0.25, 0.3) is 0 Å². The van der Waals surface area contributed by atoms with Gasteiger partial charge in [-0.25, -0.2) is 0 Å². The van der Waals surface area contributed by atoms with Crippen LogP contribution in [0.1, 0.15) is 22.7 Å². The van der Waals surface area contributed by atoms with Crippen LogP contribution in [-0.4, -0.2) is 22.3 Å². The van der Waals surface area contributed by atoms with Gasteiger partial charge in [-0.15, -0.1) is 5.10 Å². The van der Waals surface area contributed by atoms with Crippen LogP contribution in [0.2, 0.25) is 0 Å². The molecule has 0 bridgehead atoms. The molecular weight excluding hydrogens is 270 g/mol. The first-order chi connectivity index (χ1) is 10.3. The Kier molecular flexibility index (Phi) is 3.30. The first-order valence-electron chi connectivity index (χ1n) is 6.29. The number of nitrogens with two attached hydrogens (primary N) is 1. The lowest BCUT2D eigenvalue weighted by Crippen LogP contribution is -2.21. The SMILES string of the molecule is COCc1[nH]nc2c1[C@H](c1cccnc1)C(C#N)=C(N)O2. The van der Waals surface area contributed by atoms with E-state index < -0.39 is 0 Å². The monoisotopic (exact) mass is 283 g/mol. The molecule has 0 amide bonds. The van der Waals surface area contributed by atoms with Gasteiger partial charge < -0.3 is 15.2 Å². The van der Waals surface area contributed by atoms with Crippen LogP contribution >= 0.6 is 0 Å². The van der Waals surface area contributed by atoms with E-state index in [0.717, 1.165) is 16.8 Å². The van der Waals surface area contributed by atoms with Gasteiger partial charge in [0.05, 0.1) is 23.8 Å². The first-order valence-corrected chi connectivity index (χ1v) is 6.29. The zero-order valence-electron chi connectivity index (χ0n) is 11.3. The van der Waals surface area contributed by atoms with E-state index >= 15 is 0 Å². The predicted octanol–water partition coefficient (Wildman–Crippen LogP) is 1.17. The molecule has 21 heavy (non-hydrogen) atoms. The fourth-order valence-corrected chi connectivity index (χ4v) is 2.44. The van der Waals surface area contributed by atoms with Gasteiger partial charge in [0.15, 0.2) is 0 Å². The molecule has 0 aromatic carbocycles. The summed E-state index contributed by atoms with van der Waals surface area (Å²) in [5.41, 5.74) is 8.55. The highest BCUT2D eigenvalue weighted by molar-refractivity contribution is 5.54. The second-order valence-electron chi connectivity index (χ2n) is 4.57. The molecule has 7 heteroatoms. The summed E-state index contributed by atoms with van der Waals surface area (Å²) in [6, 6.07) is 5.82. The number of rotatable bonds is 3. The van der Waals surface area contributed by atoms with Gasteiger partial charge in [-0.1, -0.05) is 6.07 Å². The highest BCUT2D eigenvalue weighted by Gasteiger charge is 2.35. The molecule has 106 valence electrons. The van der Waals surface area contributed by atoms with Crippen molar-refractivity contribution >= 4 is 0 Å². The zero-order valence-corrected chi connectivity index (χ0v) is 11.3. The van der Waals surface area contributed by atoms with E-state index in [9.17, 15) is 5.26 Å². The fourth-order valence-electron chi connectivity index (χ4n) is 2.44. The number of methoxy groups -OCH3 is 1. The number of aromatic nitrogens is 3. The van der Waals surface area contributed by atoms with Crippen molar-refractivity contribution < 1.29 is 9.47 Å². The van der Waals surface area contributed by atoms with Crippen molar-refractivity contribution in [2.75, 3.05) is 7.11 Å².